The standard InChI is InChI=1S/C13H18ClNO2/c1-13(2,15(3)4)12(16)10-8-9(14)6-7-11(10)17-5/h6-8H,1-5H3. The molecule has 1 rings (SSSR count). The number of ketones is 1. The number of hydrogen-bond donors (Lipinski definition) is 0. The van der Waals surface area contributed by atoms with Crippen molar-refractivity contribution in [2.24, 2.45) is 0 Å². The lowest BCUT2D eigenvalue weighted by Crippen LogP contribution is -2.45. The SMILES string of the molecule is COc1ccc(Cl)cc1C(=O)C(C)(C)N(C)C. The fourth-order valence-electron chi connectivity index (χ4n) is 1.39. The van der Waals surface area contributed by atoms with Crippen LogP contribution in [0.5, 0.6) is 5.75 Å². The monoisotopic (exact) mass is 255 g/mol. The predicted molar refractivity (Wildman–Crippen MR) is 70.1 cm³/mol. The first-order valence-corrected chi connectivity index (χ1v) is 5.74. The molecule has 17 heavy (non-hydrogen) atoms. The van der Waals surface area contributed by atoms with Crippen molar-refractivity contribution in [1.29, 1.82) is 0 Å². The average Bonchev–Trinajstić information content (AvgIpc) is 2.27. The molecule has 0 amide bonds. The topological polar surface area (TPSA) is 29.5 Å². The van der Waals surface area contributed by atoms with Crippen molar-refractivity contribution in [1.82, 2.24) is 4.90 Å². The minimum atomic E-state index is -0.599. The summed E-state index contributed by atoms with van der Waals surface area (Å²) in [5.74, 6) is 0.538. The van der Waals surface area contributed by atoms with Gasteiger partial charge >= 0.3 is 0 Å². The van der Waals surface area contributed by atoms with Gasteiger partial charge in [0.1, 0.15) is 5.75 Å². The third kappa shape index (κ3) is 2.79. The summed E-state index contributed by atoms with van der Waals surface area (Å²) in [6, 6.07) is 5.06. The number of hydrogen-bond acceptors (Lipinski definition) is 3. The van der Waals surface area contributed by atoms with E-state index in [1.54, 1.807) is 25.3 Å². The van der Waals surface area contributed by atoms with Crippen molar-refractivity contribution >= 4 is 17.4 Å². The van der Waals surface area contributed by atoms with Gasteiger partial charge in [0.05, 0.1) is 18.2 Å². The van der Waals surface area contributed by atoms with E-state index in [1.165, 1.54) is 0 Å². The van der Waals surface area contributed by atoms with Gasteiger partial charge in [-0.3, -0.25) is 9.69 Å². The Bertz CT molecular complexity index is 427. The molecule has 0 aliphatic rings. The zero-order chi connectivity index (χ0) is 13.2. The van der Waals surface area contributed by atoms with Crippen LogP contribution in [0, 0.1) is 0 Å². The number of ether oxygens (including phenoxy) is 1. The Morgan fingerprint density at radius 1 is 1.35 bits per heavy atom. The molecule has 1 aromatic carbocycles. The Morgan fingerprint density at radius 3 is 2.41 bits per heavy atom. The van der Waals surface area contributed by atoms with Gasteiger partial charge in [0.25, 0.3) is 0 Å². The molecule has 0 heterocycles. The smallest absolute Gasteiger partial charge is 0.186 e. The summed E-state index contributed by atoms with van der Waals surface area (Å²) in [5.41, 5.74) is -0.0866. The molecule has 0 bridgehead atoms. The molecule has 0 radical (unpaired) electrons. The van der Waals surface area contributed by atoms with E-state index in [0.717, 1.165) is 0 Å². The molecule has 3 nitrogen and oxygen atoms in total. The summed E-state index contributed by atoms with van der Waals surface area (Å²) in [6.07, 6.45) is 0. The second-order valence-corrected chi connectivity index (χ2v) is 5.06. The Balaban J connectivity index is 3.24. The summed E-state index contributed by atoms with van der Waals surface area (Å²) >= 11 is 5.93. The highest BCUT2D eigenvalue weighted by atomic mass is 35.5. The number of benzene rings is 1. The number of carbonyl (C=O) groups is 1. The Hall–Kier alpha value is -1.06. The fraction of sp³-hybridized carbons (Fsp3) is 0.462. The van der Waals surface area contributed by atoms with Gasteiger partial charge in [0, 0.05) is 5.02 Å². The third-order valence-electron chi connectivity index (χ3n) is 3.08. The number of halogens is 1. The molecule has 0 aromatic heterocycles. The first kappa shape index (κ1) is 14.0. The minimum absolute atomic E-state index is 0.0122. The molecule has 0 unspecified atom stereocenters. The first-order chi connectivity index (χ1) is 7.80. The highest BCUT2D eigenvalue weighted by Crippen LogP contribution is 2.28. The number of likely N-dealkylation sites (N-methyl/N-ethyl adjacent to an activating group) is 1. The summed E-state index contributed by atoms with van der Waals surface area (Å²) in [7, 11) is 5.28. The number of nitrogens with zero attached hydrogens (tertiary/aromatic N) is 1. The lowest BCUT2D eigenvalue weighted by Gasteiger charge is -2.31. The second-order valence-electron chi connectivity index (χ2n) is 4.63. The Kier molecular flexibility index (Phi) is 4.17. The van der Waals surface area contributed by atoms with Gasteiger partial charge in [0.2, 0.25) is 0 Å². The highest BCUT2D eigenvalue weighted by Gasteiger charge is 2.32. The maximum Gasteiger partial charge on any atom is 0.186 e. The van der Waals surface area contributed by atoms with E-state index >= 15 is 0 Å². The Morgan fingerprint density at radius 2 is 1.94 bits per heavy atom. The average molecular weight is 256 g/mol. The van der Waals surface area contributed by atoms with Crippen LogP contribution < -0.4 is 4.74 Å². The summed E-state index contributed by atoms with van der Waals surface area (Å²) in [6.45, 7) is 3.74. The zero-order valence-electron chi connectivity index (χ0n) is 10.9. The van der Waals surface area contributed by atoms with Crippen molar-refractivity contribution in [2.75, 3.05) is 21.2 Å². The number of carbonyl (C=O) groups excluding carboxylic acids is 1. The molecule has 0 aliphatic heterocycles. The molecular formula is C13H18ClNO2. The molecule has 0 saturated heterocycles. The summed E-state index contributed by atoms with van der Waals surface area (Å²) < 4.78 is 5.20. The molecule has 1 aromatic rings. The van der Waals surface area contributed by atoms with E-state index in [9.17, 15) is 4.79 Å². The molecule has 0 spiro atoms. The predicted octanol–water partition coefficient (Wildman–Crippen LogP) is 2.87. The van der Waals surface area contributed by atoms with Gasteiger partial charge in [-0.1, -0.05) is 11.6 Å². The first-order valence-electron chi connectivity index (χ1n) is 5.36. The molecule has 0 aliphatic carbocycles. The number of Topliss-reactive ketones (excluding diaryl/α,β-unsaturated/α-hetero) is 1. The molecule has 0 saturated carbocycles. The zero-order valence-corrected chi connectivity index (χ0v) is 11.6. The van der Waals surface area contributed by atoms with Gasteiger partial charge in [-0.05, 0) is 46.1 Å². The highest BCUT2D eigenvalue weighted by molar-refractivity contribution is 6.31. The van der Waals surface area contributed by atoms with Crippen LogP contribution in [0.3, 0.4) is 0 Å². The van der Waals surface area contributed by atoms with Crippen molar-refractivity contribution < 1.29 is 9.53 Å². The van der Waals surface area contributed by atoms with Crippen LogP contribution in [0.4, 0.5) is 0 Å². The van der Waals surface area contributed by atoms with Gasteiger partial charge in [-0.15, -0.1) is 0 Å². The van der Waals surface area contributed by atoms with E-state index < -0.39 is 5.54 Å². The third-order valence-corrected chi connectivity index (χ3v) is 3.31. The van der Waals surface area contributed by atoms with E-state index in [2.05, 4.69) is 0 Å². The van der Waals surface area contributed by atoms with Crippen LogP contribution in [-0.4, -0.2) is 37.4 Å². The maximum absolute atomic E-state index is 12.5. The summed E-state index contributed by atoms with van der Waals surface area (Å²) in [4.78, 5) is 14.3. The van der Waals surface area contributed by atoms with Gasteiger partial charge < -0.3 is 4.74 Å². The van der Waals surface area contributed by atoms with Crippen LogP contribution in [0.15, 0.2) is 18.2 Å². The summed E-state index contributed by atoms with van der Waals surface area (Å²) in [5, 5.41) is 0.531. The van der Waals surface area contributed by atoms with Crippen molar-refractivity contribution in [3.8, 4) is 5.75 Å². The van der Waals surface area contributed by atoms with Crippen molar-refractivity contribution in [3.63, 3.8) is 0 Å². The molecule has 94 valence electrons. The molecule has 4 heteroatoms. The van der Waals surface area contributed by atoms with Crippen LogP contribution in [0.25, 0.3) is 0 Å². The lowest BCUT2D eigenvalue weighted by molar-refractivity contribution is 0.0752. The van der Waals surface area contributed by atoms with Gasteiger partial charge in [-0.25, -0.2) is 0 Å². The number of rotatable bonds is 4. The normalized spacial score (nSPS) is 11.7. The van der Waals surface area contributed by atoms with Crippen LogP contribution in [0.2, 0.25) is 5.02 Å². The van der Waals surface area contributed by atoms with Gasteiger partial charge in [-0.2, -0.15) is 0 Å². The minimum Gasteiger partial charge on any atom is -0.496 e. The van der Waals surface area contributed by atoms with Crippen LogP contribution >= 0.6 is 11.6 Å². The maximum atomic E-state index is 12.5. The largest absolute Gasteiger partial charge is 0.496 e. The Labute approximate surface area is 107 Å². The molecular weight excluding hydrogens is 238 g/mol. The van der Waals surface area contributed by atoms with Crippen LogP contribution in [-0.2, 0) is 0 Å². The van der Waals surface area contributed by atoms with Crippen molar-refractivity contribution in [2.45, 2.75) is 19.4 Å². The molecule has 0 atom stereocenters. The van der Waals surface area contributed by atoms with E-state index in [-0.39, 0.29) is 5.78 Å². The number of methoxy groups -OCH3 is 1. The molecule has 0 fully saturated rings. The van der Waals surface area contributed by atoms with E-state index in [0.29, 0.717) is 16.3 Å². The molecule has 0 N–H and O–H groups in total. The van der Waals surface area contributed by atoms with E-state index in [4.69, 9.17) is 16.3 Å². The lowest BCUT2D eigenvalue weighted by atomic mass is 9.91. The second kappa shape index (κ2) is 5.07. The van der Waals surface area contributed by atoms with Crippen LogP contribution in [0.1, 0.15) is 24.2 Å². The fourth-order valence-corrected chi connectivity index (χ4v) is 1.56. The van der Waals surface area contributed by atoms with Crippen molar-refractivity contribution in [3.05, 3.63) is 28.8 Å². The quantitative estimate of drug-likeness (QED) is 0.775. The van der Waals surface area contributed by atoms with Gasteiger partial charge in [0.15, 0.2) is 5.78 Å². The van der Waals surface area contributed by atoms with E-state index in [1.807, 2.05) is 32.8 Å².